The number of aliphatic hydroxyl groups is 1. The van der Waals surface area contributed by atoms with Gasteiger partial charge in [0.2, 0.25) is 5.88 Å². The molecule has 0 aliphatic carbocycles. The first-order valence-corrected chi connectivity index (χ1v) is 12.5. The van der Waals surface area contributed by atoms with Crippen molar-refractivity contribution in [3.05, 3.63) is 102 Å². The van der Waals surface area contributed by atoms with Crippen LogP contribution in [0.3, 0.4) is 0 Å². The molecule has 1 unspecified atom stereocenters. The first-order chi connectivity index (χ1) is 17.6. The SMILES string of the molecule is CCCN(Cc1c(C)nn(-c2ccccc2)c1Oc1ccc(OC)cc1)CC(O)Cc1ccccc1. The number of aromatic nitrogens is 2. The maximum absolute atomic E-state index is 10.9. The van der Waals surface area contributed by atoms with Crippen LogP contribution in [0.15, 0.2) is 84.9 Å². The summed E-state index contributed by atoms with van der Waals surface area (Å²) < 4.78 is 13.6. The highest BCUT2D eigenvalue weighted by molar-refractivity contribution is 5.44. The van der Waals surface area contributed by atoms with Crippen molar-refractivity contribution in [2.24, 2.45) is 0 Å². The number of benzene rings is 3. The third kappa shape index (κ3) is 6.53. The van der Waals surface area contributed by atoms with Crippen LogP contribution in [0.4, 0.5) is 0 Å². The number of para-hydroxylation sites is 1. The molecular formula is C30H35N3O3. The van der Waals surface area contributed by atoms with Crippen molar-refractivity contribution in [2.45, 2.75) is 39.3 Å². The van der Waals surface area contributed by atoms with Crippen LogP contribution in [-0.4, -0.2) is 46.1 Å². The topological polar surface area (TPSA) is 59.8 Å². The molecule has 4 aromatic rings. The Morgan fingerprint density at radius 3 is 2.19 bits per heavy atom. The summed E-state index contributed by atoms with van der Waals surface area (Å²) in [5.74, 6) is 2.17. The van der Waals surface area contributed by atoms with E-state index in [1.807, 2.05) is 84.4 Å². The van der Waals surface area contributed by atoms with Crippen LogP contribution in [0.25, 0.3) is 5.69 Å². The molecular weight excluding hydrogens is 450 g/mol. The summed E-state index contributed by atoms with van der Waals surface area (Å²) in [7, 11) is 1.65. The van der Waals surface area contributed by atoms with Gasteiger partial charge in [0.25, 0.3) is 0 Å². The van der Waals surface area contributed by atoms with Crippen molar-refractivity contribution in [2.75, 3.05) is 20.2 Å². The fourth-order valence-electron chi connectivity index (χ4n) is 4.35. The van der Waals surface area contributed by atoms with Gasteiger partial charge in [-0.15, -0.1) is 0 Å². The zero-order valence-corrected chi connectivity index (χ0v) is 21.3. The molecule has 0 spiro atoms. The van der Waals surface area contributed by atoms with Crippen LogP contribution in [0.5, 0.6) is 17.4 Å². The molecule has 0 amide bonds. The summed E-state index contributed by atoms with van der Waals surface area (Å²) in [5.41, 5.74) is 3.98. The molecule has 188 valence electrons. The number of ether oxygens (including phenoxy) is 2. The zero-order valence-electron chi connectivity index (χ0n) is 21.3. The molecule has 6 nitrogen and oxygen atoms in total. The second-order valence-corrected chi connectivity index (χ2v) is 8.97. The van der Waals surface area contributed by atoms with E-state index in [0.717, 1.165) is 41.2 Å². The Balaban J connectivity index is 1.62. The van der Waals surface area contributed by atoms with Gasteiger partial charge >= 0.3 is 0 Å². The van der Waals surface area contributed by atoms with Gasteiger partial charge in [-0.2, -0.15) is 5.10 Å². The number of hydrogen-bond donors (Lipinski definition) is 1. The third-order valence-corrected chi connectivity index (χ3v) is 6.12. The summed E-state index contributed by atoms with van der Waals surface area (Å²) in [6.45, 7) is 6.24. The minimum atomic E-state index is -0.464. The average Bonchev–Trinajstić information content (AvgIpc) is 3.20. The summed E-state index contributed by atoms with van der Waals surface area (Å²) >= 11 is 0. The Labute approximate surface area is 213 Å². The highest BCUT2D eigenvalue weighted by atomic mass is 16.5. The Morgan fingerprint density at radius 2 is 1.56 bits per heavy atom. The predicted molar refractivity (Wildman–Crippen MR) is 143 cm³/mol. The molecule has 1 aromatic heterocycles. The van der Waals surface area contributed by atoms with E-state index in [1.54, 1.807) is 7.11 Å². The second-order valence-electron chi connectivity index (χ2n) is 8.97. The maximum atomic E-state index is 10.9. The smallest absolute Gasteiger partial charge is 0.227 e. The molecule has 0 aliphatic rings. The Bertz CT molecular complexity index is 1210. The van der Waals surface area contributed by atoms with Gasteiger partial charge in [-0.05, 0) is 68.3 Å². The van der Waals surface area contributed by atoms with E-state index in [4.69, 9.17) is 14.6 Å². The molecule has 0 radical (unpaired) electrons. The van der Waals surface area contributed by atoms with E-state index in [2.05, 4.69) is 24.0 Å². The van der Waals surface area contributed by atoms with Crippen molar-refractivity contribution in [1.29, 1.82) is 0 Å². The molecule has 1 heterocycles. The number of aryl methyl sites for hydroxylation is 1. The molecule has 0 fully saturated rings. The number of methoxy groups -OCH3 is 1. The lowest BCUT2D eigenvalue weighted by Crippen LogP contribution is -2.34. The first kappa shape index (κ1) is 25.5. The second kappa shape index (κ2) is 12.4. The van der Waals surface area contributed by atoms with E-state index in [-0.39, 0.29) is 0 Å². The molecule has 0 bridgehead atoms. The van der Waals surface area contributed by atoms with Crippen molar-refractivity contribution in [3.63, 3.8) is 0 Å². The van der Waals surface area contributed by atoms with Crippen LogP contribution in [0.1, 0.15) is 30.2 Å². The Hall–Kier alpha value is -3.61. The normalized spacial score (nSPS) is 12.0. The van der Waals surface area contributed by atoms with Crippen molar-refractivity contribution in [1.82, 2.24) is 14.7 Å². The molecule has 6 heteroatoms. The molecule has 1 atom stereocenters. The summed E-state index contributed by atoms with van der Waals surface area (Å²) in [5, 5.41) is 15.7. The van der Waals surface area contributed by atoms with Gasteiger partial charge in [0.1, 0.15) is 11.5 Å². The monoisotopic (exact) mass is 485 g/mol. The lowest BCUT2D eigenvalue weighted by molar-refractivity contribution is 0.108. The largest absolute Gasteiger partial charge is 0.497 e. The molecule has 1 N–H and O–H groups in total. The van der Waals surface area contributed by atoms with Crippen LogP contribution in [0.2, 0.25) is 0 Å². The van der Waals surface area contributed by atoms with Crippen LogP contribution < -0.4 is 9.47 Å². The van der Waals surface area contributed by atoms with Crippen molar-refractivity contribution < 1.29 is 14.6 Å². The average molecular weight is 486 g/mol. The Morgan fingerprint density at radius 1 is 0.917 bits per heavy atom. The molecule has 36 heavy (non-hydrogen) atoms. The first-order valence-electron chi connectivity index (χ1n) is 12.5. The van der Waals surface area contributed by atoms with Gasteiger partial charge in [0, 0.05) is 13.1 Å². The fourth-order valence-corrected chi connectivity index (χ4v) is 4.35. The van der Waals surface area contributed by atoms with E-state index < -0.39 is 6.10 Å². The van der Waals surface area contributed by atoms with Gasteiger partial charge in [0.15, 0.2) is 0 Å². The van der Waals surface area contributed by atoms with Crippen molar-refractivity contribution >= 4 is 0 Å². The van der Waals surface area contributed by atoms with Crippen molar-refractivity contribution in [3.8, 4) is 23.1 Å². The van der Waals surface area contributed by atoms with E-state index in [9.17, 15) is 5.11 Å². The predicted octanol–water partition coefficient (Wildman–Crippen LogP) is 5.80. The molecule has 0 saturated heterocycles. The highest BCUT2D eigenvalue weighted by Gasteiger charge is 2.22. The fraction of sp³-hybridized carbons (Fsp3) is 0.300. The molecule has 3 aromatic carbocycles. The summed E-state index contributed by atoms with van der Waals surface area (Å²) in [4.78, 5) is 2.29. The van der Waals surface area contributed by atoms with Gasteiger partial charge in [-0.1, -0.05) is 55.5 Å². The van der Waals surface area contributed by atoms with Gasteiger partial charge in [0.05, 0.1) is 30.2 Å². The molecule has 0 saturated carbocycles. The van der Waals surface area contributed by atoms with E-state index in [1.165, 1.54) is 0 Å². The highest BCUT2D eigenvalue weighted by Crippen LogP contribution is 2.32. The third-order valence-electron chi connectivity index (χ3n) is 6.12. The van der Waals surface area contributed by atoms with E-state index in [0.29, 0.717) is 31.1 Å². The van der Waals surface area contributed by atoms with Gasteiger partial charge < -0.3 is 14.6 Å². The minimum absolute atomic E-state index is 0.464. The summed E-state index contributed by atoms with van der Waals surface area (Å²) in [6.07, 6.45) is 1.14. The van der Waals surface area contributed by atoms with Crippen LogP contribution >= 0.6 is 0 Å². The minimum Gasteiger partial charge on any atom is -0.497 e. The summed E-state index contributed by atoms with van der Waals surface area (Å²) in [6, 6.07) is 27.7. The standard InChI is InChI=1S/C30H35N3O3/c1-4-19-32(21-26(34)20-24-11-7-5-8-12-24)22-29-23(2)31-33(25-13-9-6-10-14-25)30(29)36-28-17-15-27(35-3)16-18-28/h5-18,26,34H,4,19-22H2,1-3H3. The number of hydrogen-bond acceptors (Lipinski definition) is 5. The maximum Gasteiger partial charge on any atom is 0.227 e. The van der Waals surface area contributed by atoms with E-state index >= 15 is 0 Å². The molecule has 0 aliphatic heterocycles. The number of nitrogens with zero attached hydrogens (tertiary/aromatic N) is 3. The molecule has 4 rings (SSSR count). The lowest BCUT2D eigenvalue weighted by Gasteiger charge is -2.25. The number of rotatable bonds is 12. The Kier molecular flexibility index (Phi) is 8.76. The zero-order chi connectivity index (χ0) is 25.3. The van der Waals surface area contributed by atoms with Crippen LogP contribution in [0, 0.1) is 6.92 Å². The van der Waals surface area contributed by atoms with Gasteiger partial charge in [-0.25, -0.2) is 4.68 Å². The van der Waals surface area contributed by atoms with Crippen LogP contribution in [-0.2, 0) is 13.0 Å². The van der Waals surface area contributed by atoms with Gasteiger partial charge in [-0.3, -0.25) is 4.90 Å². The number of aliphatic hydroxyl groups excluding tert-OH is 1. The lowest BCUT2D eigenvalue weighted by atomic mass is 10.1. The quantitative estimate of drug-likeness (QED) is 0.275.